The third kappa shape index (κ3) is 5.22. The van der Waals surface area contributed by atoms with Crippen molar-refractivity contribution in [3.8, 4) is 0 Å². The quantitative estimate of drug-likeness (QED) is 0.444. The second kappa shape index (κ2) is 7.76. The van der Waals surface area contributed by atoms with Crippen molar-refractivity contribution in [2.45, 2.75) is 50.8 Å². The van der Waals surface area contributed by atoms with Gasteiger partial charge in [0.25, 0.3) is 0 Å². The van der Waals surface area contributed by atoms with Gasteiger partial charge in [0.2, 0.25) is 0 Å². The molecular formula is C14H20Cl. The van der Waals surface area contributed by atoms with Crippen LogP contribution >= 0.6 is 11.6 Å². The monoisotopic (exact) mass is 223 g/mol. The van der Waals surface area contributed by atoms with E-state index in [1.54, 1.807) is 0 Å². The van der Waals surface area contributed by atoms with Crippen molar-refractivity contribution in [3.63, 3.8) is 0 Å². The summed E-state index contributed by atoms with van der Waals surface area (Å²) in [5.41, 5.74) is 1.13. The number of hydrogen-bond donors (Lipinski definition) is 0. The van der Waals surface area contributed by atoms with Crippen LogP contribution in [0.5, 0.6) is 0 Å². The molecule has 1 radical (unpaired) electrons. The van der Waals surface area contributed by atoms with Crippen molar-refractivity contribution in [3.05, 3.63) is 35.9 Å². The molecule has 0 saturated carbocycles. The van der Waals surface area contributed by atoms with Crippen LogP contribution in [-0.2, 0) is 0 Å². The maximum atomic E-state index is 6.29. The van der Waals surface area contributed by atoms with E-state index in [0.29, 0.717) is 0 Å². The fraction of sp³-hybridized carbons (Fsp3) is 0.571. The van der Waals surface area contributed by atoms with E-state index in [9.17, 15) is 0 Å². The Morgan fingerprint density at radius 2 is 2.00 bits per heavy atom. The second-order valence-electron chi connectivity index (χ2n) is 3.99. The van der Waals surface area contributed by atoms with E-state index >= 15 is 0 Å². The SMILES string of the molecule is CCCCCCCC(Cl)c1[c]cccc1. The van der Waals surface area contributed by atoms with Gasteiger partial charge in [0.15, 0.2) is 0 Å². The number of unbranched alkanes of at least 4 members (excludes halogenated alkanes) is 4. The van der Waals surface area contributed by atoms with Crippen molar-refractivity contribution in [1.29, 1.82) is 0 Å². The Hall–Kier alpha value is -0.490. The summed E-state index contributed by atoms with van der Waals surface area (Å²) in [4.78, 5) is 0. The number of hydrogen-bond acceptors (Lipinski definition) is 0. The third-order valence-electron chi connectivity index (χ3n) is 2.63. The Bertz CT molecular complexity index is 243. The first kappa shape index (κ1) is 12.6. The van der Waals surface area contributed by atoms with Crippen molar-refractivity contribution in [2.75, 3.05) is 0 Å². The molecule has 0 spiro atoms. The molecule has 0 aliphatic carbocycles. The Morgan fingerprint density at radius 3 is 2.67 bits per heavy atom. The molecule has 0 fully saturated rings. The zero-order valence-electron chi connectivity index (χ0n) is 9.51. The number of rotatable bonds is 7. The van der Waals surface area contributed by atoms with Crippen LogP contribution in [0.1, 0.15) is 56.4 Å². The summed E-state index contributed by atoms with van der Waals surface area (Å²) in [7, 11) is 0. The van der Waals surface area contributed by atoms with Gasteiger partial charge in [-0.3, -0.25) is 0 Å². The lowest BCUT2D eigenvalue weighted by Gasteiger charge is -2.08. The summed E-state index contributed by atoms with van der Waals surface area (Å²) in [6.07, 6.45) is 7.62. The minimum absolute atomic E-state index is 0.146. The molecule has 1 heteroatoms. The van der Waals surface area contributed by atoms with Crippen molar-refractivity contribution in [2.24, 2.45) is 0 Å². The second-order valence-corrected chi connectivity index (χ2v) is 4.52. The minimum Gasteiger partial charge on any atom is -0.118 e. The maximum Gasteiger partial charge on any atom is 0.0591 e. The first-order chi connectivity index (χ1) is 7.34. The molecule has 0 bridgehead atoms. The molecular weight excluding hydrogens is 204 g/mol. The van der Waals surface area contributed by atoms with Gasteiger partial charge in [0.1, 0.15) is 0 Å². The smallest absolute Gasteiger partial charge is 0.0591 e. The van der Waals surface area contributed by atoms with E-state index in [4.69, 9.17) is 11.6 Å². The highest BCUT2D eigenvalue weighted by Crippen LogP contribution is 2.25. The molecule has 1 unspecified atom stereocenters. The lowest BCUT2D eigenvalue weighted by molar-refractivity contribution is 0.601. The standard InChI is InChI=1S/C14H20Cl/c1-2-3-4-5-9-12-14(15)13-10-7-6-8-11-13/h6-8,10,14H,2-5,9,12H2,1H3. The van der Waals surface area contributed by atoms with E-state index in [0.717, 1.165) is 12.0 Å². The molecule has 15 heavy (non-hydrogen) atoms. The van der Waals surface area contributed by atoms with Crippen LogP contribution in [-0.4, -0.2) is 0 Å². The number of halogens is 1. The van der Waals surface area contributed by atoms with Gasteiger partial charge in [-0.05, 0) is 18.1 Å². The molecule has 0 N–H and O–H groups in total. The molecule has 0 aliphatic rings. The lowest BCUT2D eigenvalue weighted by Crippen LogP contribution is -1.90. The van der Waals surface area contributed by atoms with E-state index in [-0.39, 0.29) is 5.38 Å². The average Bonchev–Trinajstić information content (AvgIpc) is 2.30. The summed E-state index contributed by atoms with van der Waals surface area (Å²) in [5, 5.41) is 0.146. The molecule has 1 aromatic rings. The van der Waals surface area contributed by atoms with Gasteiger partial charge in [0.05, 0.1) is 5.38 Å². The number of benzene rings is 1. The van der Waals surface area contributed by atoms with Crippen LogP contribution in [0.15, 0.2) is 24.3 Å². The molecule has 1 aromatic carbocycles. The minimum atomic E-state index is 0.146. The first-order valence-corrected chi connectivity index (χ1v) is 6.39. The summed E-state index contributed by atoms with van der Waals surface area (Å²) in [6.45, 7) is 2.24. The van der Waals surface area contributed by atoms with E-state index in [1.165, 1.54) is 32.1 Å². The molecule has 0 nitrogen and oxygen atoms in total. The van der Waals surface area contributed by atoms with Crippen molar-refractivity contribution in [1.82, 2.24) is 0 Å². The van der Waals surface area contributed by atoms with Gasteiger partial charge < -0.3 is 0 Å². The zero-order chi connectivity index (χ0) is 10.9. The maximum absolute atomic E-state index is 6.29. The molecule has 0 amide bonds. The molecule has 1 atom stereocenters. The summed E-state index contributed by atoms with van der Waals surface area (Å²) >= 11 is 6.29. The van der Waals surface area contributed by atoms with Crippen molar-refractivity contribution < 1.29 is 0 Å². The fourth-order valence-electron chi connectivity index (χ4n) is 1.68. The van der Waals surface area contributed by atoms with Gasteiger partial charge >= 0.3 is 0 Å². The van der Waals surface area contributed by atoms with Crippen LogP contribution in [0.25, 0.3) is 0 Å². The summed E-state index contributed by atoms with van der Waals surface area (Å²) in [6, 6.07) is 11.2. The fourth-order valence-corrected chi connectivity index (χ4v) is 1.97. The predicted octanol–water partition coefficient (Wildman–Crippen LogP) is 5.13. The highest BCUT2D eigenvalue weighted by atomic mass is 35.5. The largest absolute Gasteiger partial charge is 0.118 e. The molecule has 1 rings (SSSR count). The Morgan fingerprint density at radius 1 is 1.20 bits per heavy atom. The van der Waals surface area contributed by atoms with E-state index in [2.05, 4.69) is 19.1 Å². The van der Waals surface area contributed by atoms with Gasteiger partial charge in [-0.1, -0.05) is 63.3 Å². The van der Waals surface area contributed by atoms with Crippen LogP contribution < -0.4 is 0 Å². The van der Waals surface area contributed by atoms with Gasteiger partial charge in [0, 0.05) is 0 Å². The predicted molar refractivity (Wildman–Crippen MR) is 67.2 cm³/mol. The normalized spacial score (nSPS) is 12.7. The van der Waals surface area contributed by atoms with Crippen LogP contribution in [0, 0.1) is 6.07 Å². The topological polar surface area (TPSA) is 0 Å². The van der Waals surface area contributed by atoms with Gasteiger partial charge in [-0.2, -0.15) is 0 Å². The van der Waals surface area contributed by atoms with Crippen LogP contribution in [0.2, 0.25) is 0 Å². The Kier molecular flexibility index (Phi) is 6.50. The highest BCUT2D eigenvalue weighted by molar-refractivity contribution is 6.20. The number of alkyl halides is 1. The van der Waals surface area contributed by atoms with Crippen molar-refractivity contribution >= 4 is 11.6 Å². The Balaban J connectivity index is 2.16. The van der Waals surface area contributed by atoms with Crippen LogP contribution in [0.4, 0.5) is 0 Å². The molecule has 0 heterocycles. The van der Waals surface area contributed by atoms with E-state index < -0.39 is 0 Å². The molecule has 0 aromatic heterocycles. The molecule has 0 aliphatic heterocycles. The Labute approximate surface area is 98.7 Å². The highest BCUT2D eigenvalue weighted by Gasteiger charge is 2.06. The third-order valence-corrected chi connectivity index (χ3v) is 3.09. The van der Waals surface area contributed by atoms with Crippen LogP contribution in [0.3, 0.4) is 0 Å². The summed E-state index contributed by atoms with van der Waals surface area (Å²) in [5.74, 6) is 0. The molecule has 0 saturated heterocycles. The average molecular weight is 224 g/mol. The van der Waals surface area contributed by atoms with Gasteiger partial charge in [-0.15, -0.1) is 11.6 Å². The van der Waals surface area contributed by atoms with Gasteiger partial charge in [-0.25, -0.2) is 0 Å². The summed E-state index contributed by atoms with van der Waals surface area (Å²) < 4.78 is 0. The molecule has 83 valence electrons. The lowest BCUT2D eigenvalue weighted by atomic mass is 10.0. The van der Waals surface area contributed by atoms with E-state index in [1.807, 2.05) is 18.2 Å². The first-order valence-electron chi connectivity index (χ1n) is 5.95. The zero-order valence-corrected chi connectivity index (χ0v) is 10.3.